The first-order valence-corrected chi connectivity index (χ1v) is 9.66. The highest BCUT2D eigenvalue weighted by Gasteiger charge is 2.19. The fourth-order valence-corrected chi connectivity index (χ4v) is 4.23. The average molecular weight is 363 g/mol. The van der Waals surface area contributed by atoms with E-state index in [0.29, 0.717) is 6.54 Å². The summed E-state index contributed by atoms with van der Waals surface area (Å²) in [5, 5.41) is 15.7. The number of hydrogen-bond acceptors (Lipinski definition) is 8. The fourth-order valence-electron chi connectivity index (χ4n) is 2.57. The molecule has 0 spiro atoms. The van der Waals surface area contributed by atoms with E-state index in [1.165, 1.54) is 0 Å². The third-order valence-electron chi connectivity index (χ3n) is 3.75. The van der Waals surface area contributed by atoms with E-state index < -0.39 is 0 Å². The van der Waals surface area contributed by atoms with Crippen molar-refractivity contribution in [3.63, 3.8) is 0 Å². The number of aryl methyl sites for hydroxylation is 1. The minimum Gasteiger partial charge on any atom is -0.459 e. The van der Waals surface area contributed by atoms with Crippen molar-refractivity contribution in [3.8, 4) is 10.8 Å². The number of tetrazole rings is 1. The molecule has 7 nitrogen and oxygen atoms in total. The molecule has 0 aromatic carbocycles. The second-order valence-electron chi connectivity index (χ2n) is 5.62. The van der Waals surface area contributed by atoms with Crippen molar-refractivity contribution >= 4 is 23.1 Å². The van der Waals surface area contributed by atoms with E-state index in [4.69, 9.17) is 9.15 Å². The van der Waals surface area contributed by atoms with Gasteiger partial charge in [0, 0.05) is 17.7 Å². The Labute approximate surface area is 147 Å². The van der Waals surface area contributed by atoms with Crippen molar-refractivity contribution in [1.82, 2.24) is 25.2 Å². The van der Waals surface area contributed by atoms with Gasteiger partial charge in [-0.05, 0) is 42.3 Å². The Bertz CT molecular complexity index is 806. The smallest absolute Gasteiger partial charge is 0.209 e. The summed E-state index contributed by atoms with van der Waals surface area (Å²) >= 11 is 3.18. The molecular weight excluding hydrogens is 346 g/mol. The molecule has 0 saturated carbocycles. The highest BCUT2D eigenvalue weighted by molar-refractivity contribution is 7.98. The number of furan rings is 1. The summed E-state index contributed by atoms with van der Waals surface area (Å²) < 4.78 is 13.1. The van der Waals surface area contributed by atoms with Crippen LogP contribution in [0.5, 0.6) is 0 Å². The molecule has 1 saturated heterocycles. The standard InChI is InChI=1S/C15H17N5O2S2/c1-10-4-5-13(22-10)14-16-11(8-23-14)9-24-15-17-18-19-20(15)7-12-3-2-6-21-12/h4-5,8,12H,2-3,6-7,9H2,1H3. The van der Waals surface area contributed by atoms with Crippen LogP contribution in [0.2, 0.25) is 0 Å². The second kappa shape index (κ2) is 7.04. The SMILES string of the molecule is Cc1ccc(-c2nc(CSc3nnnn3CC3CCCO3)cs2)o1. The van der Waals surface area contributed by atoms with Crippen LogP contribution in [0.25, 0.3) is 10.8 Å². The van der Waals surface area contributed by atoms with Gasteiger partial charge in [0.25, 0.3) is 0 Å². The van der Waals surface area contributed by atoms with E-state index in [2.05, 4.69) is 25.9 Å². The minimum absolute atomic E-state index is 0.223. The van der Waals surface area contributed by atoms with Crippen LogP contribution in [0.15, 0.2) is 27.1 Å². The number of aromatic nitrogens is 5. The number of thiazole rings is 1. The van der Waals surface area contributed by atoms with Gasteiger partial charge >= 0.3 is 0 Å². The molecular formula is C15H17N5O2S2. The van der Waals surface area contributed by atoms with Gasteiger partial charge < -0.3 is 9.15 Å². The first-order valence-electron chi connectivity index (χ1n) is 7.80. The van der Waals surface area contributed by atoms with Crippen LogP contribution in [0.1, 0.15) is 24.3 Å². The Balaban J connectivity index is 1.39. The molecule has 0 N–H and O–H groups in total. The number of thioether (sulfide) groups is 1. The number of nitrogens with zero attached hydrogens (tertiary/aromatic N) is 5. The van der Waals surface area contributed by atoms with E-state index in [9.17, 15) is 0 Å². The second-order valence-corrected chi connectivity index (χ2v) is 7.42. The van der Waals surface area contributed by atoms with E-state index >= 15 is 0 Å². The molecule has 3 aromatic rings. The zero-order chi connectivity index (χ0) is 16.4. The van der Waals surface area contributed by atoms with Crippen molar-refractivity contribution in [2.45, 2.75) is 43.3 Å². The lowest BCUT2D eigenvalue weighted by Gasteiger charge is -2.09. The predicted octanol–water partition coefficient (Wildman–Crippen LogP) is 3.17. The van der Waals surface area contributed by atoms with Gasteiger partial charge in [0.05, 0.1) is 18.3 Å². The van der Waals surface area contributed by atoms with Gasteiger partial charge in [0.1, 0.15) is 5.76 Å². The molecule has 1 aliphatic heterocycles. The lowest BCUT2D eigenvalue weighted by Crippen LogP contribution is -2.16. The lowest BCUT2D eigenvalue weighted by atomic mass is 10.2. The maximum Gasteiger partial charge on any atom is 0.209 e. The molecule has 0 radical (unpaired) electrons. The maximum atomic E-state index is 5.65. The van der Waals surface area contributed by atoms with Crippen LogP contribution < -0.4 is 0 Å². The van der Waals surface area contributed by atoms with E-state index in [0.717, 1.165) is 52.6 Å². The first-order chi connectivity index (χ1) is 11.8. The molecule has 3 aromatic heterocycles. The molecule has 4 heterocycles. The first kappa shape index (κ1) is 15.8. The van der Waals surface area contributed by atoms with Crippen LogP contribution in [0.3, 0.4) is 0 Å². The van der Waals surface area contributed by atoms with E-state index in [1.807, 2.05) is 23.7 Å². The van der Waals surface area contributed by atoms with E-state index in [-0.39, 0.29) is 6.10 Å². The van der Waals surface area contributed by atoms with Gasteiger partial charge in [-0.3, -0.25) is 0 Å². The number of hydrogen-bond donors (Lipinski definition) is 0. The molecule has 1 unspecified atom stereocenters. The average Bonchev–Trinajstić information content (AvgIpc) is 3.34. The van der Waals surface area contributed by atoms with Crippen molar-refractivity contribution in [3.05, 3.63) is 29.0 Å². The zero-order valence-corrected chi connectivity index (χ0v) is 14.8. The molecule has 0 amide bonds. The Kier molecular flexibility index (Phi) is 4.63. The zero-order valence-electron chi connectivity index (χ0n) is 13.2. The quantitative estimate of drug-likeness (QED) is 0.622. The lowest BCUT2D eigenvalue weighted by molar-refractivity contribution is 0.0912. The molecule has 0 aliphatic carbocycles. The van der Waals surface area contributed by atoms with Crippen LogP contribution in [-0.4, -0.2) is 37.9 Å². The van der Waals surface area contributed by atoms with Gasteiger partial charge in [-0.1, -0.05) is 11.8 Å². The van der Waals surface area contributed by atoms with Crippen molar-refractivity contribution < 1.29 is 9.15 Å². The maximum absolute atomic E-state index is 5.65. The Morgan fingerprint density at radius 2 is 2.38 bits per heavy atom. The molecule has 126 valence electrons. The van der Waals surface area contributed by atoms with Crippen molar-refractivity contribution in [1.29, 1.82) is 0 Å². The van der Waals surface area contributed by atoms with Gasteiger partial charge in [0.15, 0.2) is 10.8 Å². The van der Waals surface area contributed by atoms with Gasteiger partial charge in [-0.25, -0.2) is 9.67 Å². The summed E-state index contributed by atoms with van der Waals surface area (Å²) in [4.78, 5) is 4.63. The predicted molar refractivity (Wildman–Crippen MR) is 90.9 cm³/mol. The van der Waals surface area contributed by atoms with Crippen molar-refractivity contribution in [2.75, 3.05) is 6.61 Å². The Hall–Kier alpha value is -1.71. The number of rotatable bonds is 6. The molecule has 0 bridgehead atoms. The molecule has 1 aliphatic rings. The van der Waals surface area contributed by atoms with E-state index in [1.54, 1.807) is 23.1 Å². The van der Waals surface area contributed by atoms with Crippen LogP contribution in [0.4, 0.5) is 0 Å². The van der Waals surface area contributed by atoms with Crippen molar-refractivity contribution in [2.24, 2.45) is 0 Å². The summed E-state index contributed by atoms with van der Waals surface area (Å²) in [5.41, 5.74) is 1.00. The van der Waals surface area contributed by atoms with Gasteiger partial charge in [0.2, 0.25) is 5.16 Å². The Morgan fingerprint density at radius 3 is 3.17 bits per heavy atom. The summed E-state index contributed by atoms with van der Waals surface area (Å²) in [6.45, 7) is 3.48. The molecule has 9 heteroatoms. The Morgan fingerprint density at radius 1 is 1.42 bits per heavy atom. The molecule has 24 heavy (non-hydrogen) atoms. The van der Waals surface area contributed by atoms with Crippen LogP contribution in [0, 0.1) is 6.92 Å². The highest BCUT2D eigenvalue weighted by Crippen LogP contribution is 2.28. The largest absolute Gasteiger partial charge is 0.459 e. The molecule has 1 atom stereocenters. The van der Waals surface area contributed by atoms with Crippen LogP contribution in [-0.2, 0) is 17.0 Å². The highest BCUT2D eigenvalue weighted by atomic mass is 32.2. The van der Waals surface area contributed by atoms with Crippen LogP contribution >= 0.6 is 23.1 Å². The molecule has 1 fully saturated rings. The fraction of sp³-hybridized carbons (Fsp3) is 0.467. The third kappa shape index (κ3) is 3.52. The van der Waals surface area contributed by atoms with Gasteiger partial charge in [-0.2, -0.15) is 0 Å². The normalized spacial score (nSPS) is 17.6. The topological polar surface area (TPSA) is 78.9 Å². The number of ether oxygens (including phenoxy) is 1. The monoisotopic (exact) mass is 363 g/mol. The summed E-state index contributed by atoms with van der Waals surface area (Å²) in [6.07, 6.45) is 2.41. The molecule has 4 rings (SSSR count). The third-order valence-corrected chi connectivity index (χ3v) is 5.65. The summed E-state index contributed by atoms with van der Waals surface area (Å²) in [7, 11) is 0. The minimum atomic E-state index is 0.223. The van der Waals surface area contributed by atoms with Gasteiger partial charge in [-0.15, -0.1) is 16.4 Å². The summed E-state index contributed by atoms with van der Waals surface area (Å²) in [5.74, 6) is 2.43. The summed E-state index contributed by atoms with van der Waals surface area (Å²) in [6, 6.07) is 3.90.